The Bertz CT molecular complexity index is 1160. The SMILES string of the molecule is CCc1ccc(N2C[C@@H](C(=O)Nc3ccccc3C(=O)NCCc3ccccc3)CC2=O)cc1. The average molecular weight is 456 g/mol. The predicted octanol–water partition coefficient (Wildman–Crippen LogP) is 4.21. The summed E-state index contributed by atoms with van der Waals surface area (Å²) >= 11 is 0. The highest BCUT2D eigenvalue weighted by Gasteiger charge is 2.35. The molecule has 174 valence electrons. The zero-order valence-electron chi connectivity index (χ0n) is 19.3. The van der Waals surface area contributed by atoms with Crippen molar-refractivity contribution in [2.75, 3.05) is 23.3 Å². The van der Waals surface area contributed by atoms with Crippen LogP contribution in [-0.4, -0.2) is 30.8 Å². The van der Waals surface area contributed by atoms with Crippen LogP contribution in [-0.2, 0) is 22.4 Å². The summed E-state index contributed by atoms with van der Waals surface area (Å²) in [6, 6.07) is 24.7. The Morgan fingerprint density at radius 3 is 2.35 bits per heavy atom. The molecule has 3 aromatic rings. The summed E-state index contributed by atoms with van der Waals surface area (Å²) < 4.78 is 0. The lowest BCUT2D eigenvalue weighted by molar-refractivity contribution is -0.122. The predicted molar refractivity (Wildman–Crippen MR) is 134 cm³/mol. The standard InChI is InChI=1S/C28H29N3O3/c1-2-20-12-14-23(15-13-20)31-19-22(18-26(31)32)27(33)30-25-11-7-6-10-24(25)28(34)29-17-16-21-8-4-3-5-9-21/h3-15,22H,2,16-19H2,1H3,(H,29,34)(H,30,33)/t22-/m0/s1. The minimum absolute atomic E-state index is 0.0728. The summed E-state index contributed by atoms with van der Waals surface area (Å²) in [6.45, 7) is 2.90. The molecule has 1 fully saturated rings. The summed E-state index contributed by atoms with van der Waals surface area (Å²) in [5.74, 6) is -1.05. The highest BCUT2D eigenvalue weighted by atomic mass is 16.2. The maximum Gasteiger partial charge on any atom is 0.253 e. The Labute approximate surface area is 200 Å². The first kappa shape index (κ1) is 23.2. The number of para-hydroxylation sites is 1. The maximum atomic E-state index is 13.0. The molecule has 34 heavy (non-hydrogen) atoms. The van der Waals surface area contributed by atoms with E-state index in [1.807, 2.05) is 54.6 Å². The molecule has 0 aromatic heterocycles. The van der Waals surface area contributed by atoms with Crippen molar-refractivity contribution in [2.45, 2.75) is 26.2 Å². The number of carbonyl (C=O) groups is 3. The smallest absolute Gasteiger partial charge is 0.253 e. The van der Waals surface area contributed by atoms with Gasteiger partial charge in [-0.15, -0.1) is 0 Å². The first-order chi connectivity index (χ1) is 16.5. The highest BCUT2D eigenvalue weighted by Crippen LogP contribution is 2.27. The number of rotatable bonds is 8. The number of hydrogen-bond donors (Lipinski definition) is 2. The molecule has 0 aliphatic carbocycles. The molecule has 0 saturated carbocycles. The zero-order valence-corrected chi connectivity index (χ0v) is 19.3. The van der Waals surface area contributed by atoms with Gasteiger partial charge >= 0.3 is 0 Å². The largest absolute Gasteiger partial charge is 0.352 e. The normalized spacial score (nSPS) is 15.3. The molecule has 0 bridgehead atoms. The fraction of sp³-hybridized carbons (Fsp3) is 0.250. The average Bonchev–Trinajstić information content (AvgIpc) is 3.26. The number of amides is 3. The van der Waals surface area contributed by atoms with Crippen LogP contribution in [0.4, 0.5) is 11.4 Å². The van der Waals surface area contributed by atoms with E-state index in [-0.39, 0.29) is 24.1 Å². The lowest BCUT2D eigenvalue weighted by Gasteiger charge is -2.17. The van der Waals surface area contributed by atoms with Crippen molar-refractivity contribution >= 4 is 29.1 Å². The van der Waals surface area contributed by atoms with Gasteiger partial charge in [0.2, 0.25) is 11.8 Å². The minimum atomic E-state index is -0.479. The van der Waals surface area contributed by atoms with Crippen LogP contribution >= 0.6 is 0 Å². The first-order valence-corrected chi connectivity index (χ1v) is 11.7. The van der Waals surface area contributed by atoms with E-state index in [1.54, 1.807) is 29.2 Å². The molecular formula is C28H29N3O3. The van der Waals surface area contributed by atoms with Crippen molar-refractivity contribution in [1.82, 2.24) is 5.32 Å². The summed E-state index contributed by atoms with van der Waals surface area (Å²) in [7, 11) is 0. The number of nitrogens with zero attached hydrogens (tertiary/aromatic N) is 1. The molecule has 0 radical (unpaired) electrons. The number of carbonyl (C=O) groups excluding carboxylic acids is 3. The second-order valence-corrected chi connectivity index (χ2v) is 8.45. The fourth-order valence-corrected chi connectivity index (χ4v) is 4.13. The van der Waals surface area contributed by atoms with E-state index in [0.717, 1.165) is 24.1 Å². The Morgan fingerprint density at radius 2 is 1.62 bits per heavy atom. The van der Waals surface area contributed by atoms with Gasteiger partial charge in [0.15, 0.2) is 0 Å². The summed E-state index contributed by atoms with van der Waals surface area (Å²) in [6.07, 6.45) is 1.80. The van der Waals surface area contributed by atoms with E-state index in [2.05, 4.69) is 17.6 Å². The van der Waals surface area contributed by atoms with E-state index >= 15 is 0 Å². The Hall–Kier alpha value is -3.93. The molecule has 1 aliphatic rings. The molecule has 3 aromatic carbocycles. The second kappa shape index (κ2) is 10.8. The summed E-state index contributed by atoms with van der Waals surface area (Å²) in [4.78, 5) is 40.0. The monoisotopic (exact) mass is 455 g/mol. The fourth-order valence-electron chi connectivity index (χ4n) is 4.13. The molecule has 4 rings (SSSR count). The third kappa shape index (κ3) is 5.52. The number of nitrogens with one attached hydrogen (secondary N) is 2. The van der Waals surface area contributed by atoms with E-state index in [4.69, 9.17) is 0 Å². The quantitative estimate of drug-likeness (QED) is 0.534. The van der Waals surface area contributed by atoms with Crippen LogP contribution in [0.5, 0.6) is 0 Å². The van der Waals surface area contributed by atoms with Crippen molar-refractivity contribution in [3.8, 4) is 0 Å². The van der Waals surface area contributed by atoms with Crippen LogP contribution in [0.3, 0.4) is 0 Å². The topological polar surface area (TPSA) is 78.5 Å². The second-order valence-electron chi connectivity index (χ2n) is 8.45. The van der Waals surface area contributed by atoms with E-state index in [1.165, 1.54) is 5.56 Å². The maximum absolute atomic E-state index is 13.0. The van der Waals surface area contributed by atoms with Crippen LogP contribution in [0, 0.1) is 5.92 Å². The third-order valence-corrected chi connectivity index (χ3v) is 6.12. The van der Waals surface area contributed by atoms with Gasteiger partial charge in [-0.1, -0.05) is 61.5 Å². The number of hydrogen-bond acceptors (Lipinski definition) is 3. The summed E-state index contributed by atoms with van der Waals surface area (Å²) in [5.41, 5.74) is 3.99. The molecule has 6 heteroatoms. The van der Waals surface area contributed by atoms with Crippen LogP contribution < -0.4 is 15.5 Å². The minimum Gasteiger partial charge on any atom is -0.352 e. The molecule has 1 heterocycles. The van der Waals surface area contributed by atoms with E-state index in [9.17, 15) is 14.4 Å². The van der Waals surface area contributed by atoms with Crippen molar-refractivity contribution < 1.29 is 14.4 Å². The van der Waals surface area contributed by atoms with Crippen LogP contribution in [0.2, 0.25) is 0 Å². The van der Waals surface area contributed by atoms with Crippen molar-refractivity contribution in [2.24, 2.45) is 5.92 Å². The van der Waals surface area contributed by atoms with Gasteiger partial charge < -0.3 is 15.5 Å². The number of aryl methyl sites for hydroxylation is 1. The van der Waals surface area contributed by atoms with Gasteiger partial charge in [-0.3, -0.25) is 14.4 Å². The van der Waals surface area contributed by atoms with Gasteiger partial charge in [0.05, 0.1) is 17.2 Å². The molecule has 2 N–H and O–H groups in total. The molecule has 3 amide bonds. The van der Waals surface area contributed by atoms with Gasteiger partial charge in [-0.25, -0.2) is 0 Å². The molecule has 0 unspecified atom stereocenters. The molecule has 1 atom stereocenters. The Kier molecular flexibility index (Phi) is 7.38. The Balaban J connectivity index is 1.37. The van der Waals surface area contributed by atoms with Crippen molar-refractivity contribution in [1.29, 1.82) is 0 Å². The van der Waals surface area contributed by atoms with Crippen LogP contribution in [0.1, 0.15) is 34.8 Å². The lowest BCUT2D eigenvalue weighted by Crippen LogP contribution is -2.30. The molecular weight excluding hydrogens is 426 g/mol. The van der Waals surface area contributed by atoms with Gasteiger partial charge in [-0.2, -0.15) is 0 Å². The number of anilines is 2. The van der Waals surface area contributed by atoms with E-state index in [0.29, 0.717) is 24.3 Å². The molecule has 0 spiro atoms. The van der Waals surface area contributed by atoms with Crippen molar-refractivity contribution in [3.63, 3.8) is 0 Å². The van der Waals surface area contributed by atoms with E-state index < -0.39 is 5.92 Å². The number of benzene rings is 3. The first-order valence-electron chi connectivity index (χ1n) is 11.7. The molecule has 1 aliphatic heterocycles. The lowest BCUT2D eigenvalue weighted by atomic mass is 10.1. The third-order valence-electron chi connectivity index (χ3n) is 6.12. The van der Waals surface area contributed by atoms with Gasteiger partial charge in [0, 0.05) is 25.2 Å². The van der Waals surface area contributed by atoms with Crippen molar-refractivity contribution in [3.05, 3.63) is 95.6 Å². The van der Waals surface area contributed by atoms with Gasteiger partial charge in [0.1, 0.15) is 0 Å². The molecule has 6 nitrogen and oxygen atoms in total. The highest BCUT2D eigenvalue weighted by molar-refractivity contribution is 6.07. The van der Waals surface area contributed by atoms with Gasteiger partial charge in [-0.05, 0) is 48.2 Å². The molecule has 1 saturated heterocycles. The zero-order chi connectivity index (χ0) is 23.9. The van der Waals surface area contributed by atoms with Crippen LogP contribution in [0.25, 0.3) is 0 Å². The van der Waals surface area contributed by atoms with Gasteiger partial charge in [0.25, 0.3) is 5.91 Å². The summed E-state index contributed by atoms with van der Waals surface area (Å²) in [5, 5.41) is 5.80. The Morgan fingerprint density at radius 1 is 0.912 bits per heavy atom. The van der Waals surface area contributed by atoms with Crippen LogP contribution in [0.15, 0.2) is 78.9 Å².